The Kier molecular flexibility index (Phi) is 7.27. The van der Waals surface area contributed by atoms with Gasteiger partial charge in [-0.3, -0.25) is 14.5 Å². The first kappa shape index (κ1) is 18.1. The van der Waals surface area contributed by atoms with Gasteiger partial charge in [-0.15, -0.1) is 0 Å². The largest absolute Gasteiger partial charge is 0.330 e. The Morgan fingerprint density at radius 2 is 1.42 bits per heavy atom. The molecule has 0 aromatic carbocycles. The Balaban J connectivity index is 0.000000555. The van der Waals surface area contributed by atoms with Crippen LogP contribution in [0.3, 0.4) is 0 Å². The summed E-state index contributed by atoms with van der Waals surface area (Å²) in [6, 6.07) is 0. The predicted molar refractivity (Wildman–Crippen MR) is 78.5 cm³/mol. The second kappa shape index (κ2) is 7.63. The van der Waals surface area contributed by atoms with Crippen molar-refractivity contribution in [3.8, 4) is 0 Å². The second-order valence-corrected chi connectivity index (χ2v) is 6.94. The lowest BCUT2D eigenvalue weighted by Crippen LogP contribution is -2.47. The molecule has 0 aromatic heterocycles. The highest BCUT2D eigenvalue weighted by molar-refractivity contribution is 5.98. The highest BCUT2D eigenvalue weighted by Gasteiger charge is 2.37. The van der Waals surface area contributed by atoms with E-state index in [-0.39, 0.29) is 17.2 Å². The zero-order valence-corrected chi connectivity index (χ0v) is 13.3. The van der Waals surface area contributed by atoms with Crippen molar-refractivity contribution in [3.63, 3.8) is 0 Å². The fraction of sp³-hybridized carbons (Fsp3) is 0.867. The van der Waals surface area contributed by atoms with E-state index in [2.05, 4.69) is 13.8 Å². The van der Waals surface area contributed by atoms with Crippen LogP contribution in [0.2, 0.25) is 0 Å². The maximum absolute atomic E-state index is 11.7. The average Bonchev–Trinajstić information content (AvgIpc) is 2.22. The molecule has 0 spiro atoms. The lowest BCUT2D eigenvalue weighted by atomic mass is 9.81. The Bertz CT molecular complexity index is 289. The van der Waals surface area contributed by atoms with E-state index in [0.29, 0.717) is 31.2 Å². The highest BCUT2D eigenvalue weighted by atomic mass is 16.2. The van der Waals surface area contributed by atoms with Crippen LogP contribution in [0.25, 0.3) is 0 Å². The van der Waals surface area contributed by atoms with Crippen LogP contribution in [0.4, 0.5) is 0 Å². The van der Waals surface area contributed by atoms with Crippen LogP contribution >= 0.6 is 0 Å². The number of nitrogens with zero attached hydrogens (tertiary/aromatic N) is 1. The van der Waals surface area contributed by atoms with Crippen LogP contribution in [-0.4, -0.2) is 29.8 Å². The molecule has 1 aliphatic heterocycles. The maximum atomic E-state index is 11.7. The first-order valence-corrected chi connectivity index (χ1v) is 7.12. The molecule has 0 radical (unpaired) electrons. The number of carbonyl (C=O) groups is 2. The number of carbonyl (C=O) groups excluding carboxylic acids is 2. The number of hydrogen-bond donors (Lipinski definition) is 1. The van der Waals surface area contributed by atoms with E-state index in [1.165, 1.54) is 4.90 Å². The van der Waals surface area contributed by atoms with Gasteiger partial charge >= 0.3 is 0 Å². The third-order valence-electron chi connectivity index (χ3n) is 2.88. The molecule has 19 heavy (non-hydrogen) atoms. The van der Waals surface area contributed by atoms with Gasteiger partial charge in [0.25, 0.3) is 0 Å². The number of nitrogens with two attached hydrogens (primary N) is 1. The molecule has 4 nitrogen and oxygen atoms in total. The van der Waals surface area contributed by atoms with Gasteiger partial charge in [0.05, 0.1) is 0 Å². The standard InChI is InChI=1S/C11H19NO2.C4H11N/c1-8(2)7-12-9(13)5-11(3,4)6-10(12)14;1-4(2)3-5/h8H,5-7H2,1-4H3;4H,3,5H2,1-2H3. The molecule has 1 saturated heterocycles. The molecule has 0 aliphatic carbocycles. The van der Waals surface area contributed by atoms with Gasteiger partial charge in [0.2, 0.25) is 11.8 Å². The summed E-state index contributed by atoms with van der Waals surface area (Å²) < 4.78 is 0. The van der Waals surface area contributed by atoms with Crippen LogP contribution in [0.1, 0.15) is 54.4 Å². The minimum atomic E-state index is -0.151. The molecule has 2 amide bonds. The summed E-state index contributed by atoms with van der Waals surface area (Å²) >= 11 is 0. The Labute approximate surface area is 117 Å². The highest BCUT2D eigenvalue weighted by Crippen LogP contribution is 2.31. The first-order valence-electron chi connectivity index (χ1n) is 7.12. The molecule has 0 saturated carbocycles. The monoisotopic (exact) mass is 270 g/mol. The van der Waals surface area contributed by atoms with Gasteiger partial charge in [-0.05, 0) is 23.8 Å². The lowest BCUT2D eigenvalue weighted by molar-refractivity contribution is -0.153. The third-order valence-corrected chi connectivity index (χ3v) is 2.88. The van der Waals surface area contributed by atoms with Crippen molar-refractivity contribution in [1.82, 2.24) is 4.90 Å². The van der Waals surface area contributed by atoms with Crippen molar-refractivity contribution >= 4 is 11.8 Å². The number of likely N-dealkylation sites (tertiary alicyclic amines) is 1. The van der Waals surface area contributed by atoms with E-state index in [4.69, 9.17) is 5.73 Å². The normalized spacial score (nSPS) is 18.7. The van der Waals surface area contributed by atoms with E-state index >= 15 is 0 Å². The number of amides is 2. The van der Waals surface area contributed by atoms with E-state index in [1.54, 1.807) is 0 Å². The number of piperidine rings is 1. The molecule has 112 valence electrons. The topological polar surface area (TPSA) is 63.4 Å². The van der Waals surface area contributed by atoms with Crippen molar-refractivity contribution in [3.05, 3.63) is 0 Å². The zero-order valence-electron chi connectivity index (χ0n) is 13.3. The van der Waals surface area contributed by atoms with E-state index in [9.17, 15) is 9.59 Å². The fourth-order valence-corrected chi connectivity index (χ4v) is 1.78. The van der Waals surface area contributed by atoms with Gasteiger partial charge in [0.1, 0.15) is 0 Å². The number of imide groups is 1. The maximum Gasteiger partial charge on any atom is 0.229 e. The molecule has 0 atom stereocenters. The summed E-state index contributed by atoms with van der Waals surface area (Å²) in [6.07, 6.45) is 0.983. The fourth-order valence-electron chi connectivity index (χ4n) is 1.78. The predicted octanol–water partition coefficient (Wildman–Crippen LogP) is 2.42. The van der Waals surface area contributed by atoms with Gasteiger partial charge in [0.15, 0.2) is 0 Å². The van der Waals surface area contributed by atoms with E-state index < -0.39 is 0 Å². The molecule has 1 rings (SSSR count). The van der Waals surface area contributed by atoms with Gasteiger partial charge in [-0.1, -0.05) is 41.5 Å². The third kappa shape index (κ3) is 7.31. The Morgan fingerprint density at radius 3 is 1.68 bits per heavy atom. The van der Waals surface area contributed by atoms with Crippen LogP contribution in [-0.2, 0) is 9.59 Å². The molecule has 0 bridgehead atoms. The summed E-state index contributed by atoms with van der Waals surface area (Å²) in [7, 11) is 0. The summed E-state index contributed by atoms with van der Waals surface area (Å²) in [5, 5.41) is 0. The molecule has 0 unspecified atom stereocenters. The van der Waals surface area contributed by atoms with Crippen molar-refractivity contribution in [2.75, 3.05) is 13.1 Å². The Morgan fingerprint density at radius 1 is 1.05 bits per heavy atom. The number of rotatable bonds is 3. The minimum Gasteiger partial charge on any atom is -0.330 e. The van der Waals surface area contributed by atoms with Crippen LogP contribution in [0, 0.1) is 17.3 Å². The Hall–Kier alpha value is -0.900. The molecule has 4 heteroatoms. The zero-order chi connectivity index (χ0) is 15.2. The molecule has 1 fully saturated rings. The minimum absolute atomic E-state index is 0.0139. The number of hydrogen-bond acceptors (Lipinski definition) is 3. The van der Waals surface area contributed by atoms with Crippen LogP contribution < -0.4 is 5.73 Å². The van der Waals surface area contributed by atoms with Gasteiger partial charge in [0, 0.05) is 19.4 Å². The van der Waals surface area contributed by atoms with Crippen LogP contribution in [0.15, 0.2) is 0 Å². The van der Waals surface area contributed by atoms with Crippen molar-refractivity contribution in [2.45, 2.75) is 54.4 Å². The van der Waals surface area contributed by atoms with Crippen LogP contribution in [0.5, 0.6) is 0 Å². The van der Waals surface area contributed by atoms with Gasteiger partial charge < -0.3 is 5.73 Å². The van der Waals surface area contributed by atoms with E-state index in [0.717, 1.165) is 6.54 Å². The summed E-state index contributed by atoms with van der Waals surface area (Å²) in [5.74, 6) is 0.985. The SMILES string of the molecule is CC(C)CN.CC(C)CN1C(=O)CC(C)(C)CC1=O. The molecule has 1 heterocycles. The second-order valence-electron chi connectivity index (χ2n) is 6.94. The molecule has 2 N–H and O–H groups in total. The molecular formula is C15H30N2O2. The smallest absolute Gasteiger partial charge is 0.229 e. The van der Waals surface area contributed by atoms with Gasteiger partial charge in [-0.2, -0.15) is 0 Å². The summed E-state index contributed by atoms with van der Waals surface area (Å²) in [6.45, 7) is 13.5. The summed E-state index contributed by atoms with van der Waals surface area (Å²) in [5.41, 5.74) is 5.02. The molecule has 1 aliphatic rings. The average molecular weight is 270 g/mol. The quantitative estimate of drug-likeness (QED) is 0.801. The van der Waals surface area contributed by atoms with Crippen molar-refractivity contribution in [1.29, 1.82) is 0 Å². The van der Waals surface area contributed by atoms with Crippen molar-refractivity contribution in [2.24, 2.45) is 23.0 Å². The molecule has 0 aromatic rings. The lowest BCUT2D eigenvalue weighted by Gasteiger charge is -2.35. The van der Waals surface area contributed by atoms with Crippen molar-refractivity contribution < 1.29 is 9.59 Å². The summed E-state index contributed by atoms with van der Waals surface area (Å²) in [4.78, 5) is 24.7. The van der Waals surface area contributed by atoms with E-state index in [1.807, 2.05) is 27.7 Å². The van der Waals surface area contributed by atoms with Gasteiger partial charge in [-0.25, -0.2) is 0 Å². The first-order chi connectivity index (χ1) is 8.59. The molecular weight excluding hydrogens is 240 g/mol.